The fourth-order valence-corrected chi connectivity index (χ4v) is 3.00. The van der Waals surface area contributed by atoms with Crippen LogP contribution < -0.4 is 0 Å². The first-order valence-electron chi connectivity index (χ1n) is 7.74. The van der Waals surface area contributed by atoms with E-state index >= 15 is 0 Å². The number of rotatable bonds is 3. The van der Waals surface area contributed by atoms with Gasteiger partial charge in [0.1, 0.15) is 0 Å². The zero-order valence-corrected chi connectivity index (χ0v) is 12.5. The van der Waals surface area contributed by atoms with Crippen molar-refractivity contribution in [3.63, 3.8) is 0 Å². The monoisotopic (exact) mass is 286 g/mol. The predicted octanol–water partition coefficient (Wildman–Crippen LogP) is 2.33. The van der Waals surface area contributed by atoms with Crippen LogP contribution >= 0.6 is 0 Å². The van der Waals surface area contributed by atoms with Crippen molar-refractivity contribution in [2.45, 2.75) is 19.8 Å². The van der Waals surface area contributed by atoms with Gasteiger partial charge in [-0.05, 0) is 30.5 Å². The fraction of sp³-hybridized carbons (Fsp3) is 0.471. The average molecular weight is 286 g/mol. The molecule has 4 heteroatoms. The Kier molecular flexibility index (Phi) is 4.36. The number of amides is 1. The van der Waals surface area contributed by atoms with Gasteiger partial charge >= 0.3 is 0 Å². The third-order valence-corrected chi connectivity index (χ3v) is 4.23. The van der Waals surface area contributed by atoms with Crippen LogP contribution in [0.5, 0.6) is 0 Å². The maximum Gasteiger partial charge on any atom is 0.274 e. The zero-order valence-electron chi connectivity index (χ0n) is 12.5. The van der Waals surface area contributed by atoms with Crippen LogP contribution in [0.1, 0.15) is 25.3 Å². The summed E-state index contributed by atoms with van der Waals surface area (Å²) >= 11 is 0. The van der Waals surface area contributed by atoms with Gasteiger partial charge in [-0.25, -0.2) is 5.06 Å². The van der Waals surface area contributed by atoms with Crippen LogP contribution in [0.2, 0.25) is 0 Å². The largest absolute Gasteiger partial charge is 0.299 e. The maximum absolute atomic E-state index is 12.8. The molecule has 2 heterocycles. The van der Waals surface area contributed by atoms with Crippen LogP contribution in [0.25, 0.3) is 5.57 Å². The number of likely N-dealkylation sites (N-methyl/N-ethyl adjacent to an activating group) is 1. The summed E-state index contributed by atoms with van der Waals surface area (Å²) in [5.74, 6) is 0.0458. The van der Waals surface area contributed by atoms with Gasteiger partial charge < -0.3 is 0 Å². The summed E-state index contributed by atoms with van der Waals surface area (Å²) in [6.07, 6.45) is 1.85. The molecule has 2 aliphatic heterocycles. The molecular weight excluding hydrogens is 264 g/mol. The molecule has 1 aromatic rings. The Bertz CT molecular complexity index is 533. The molecule has 4 nitrogen and oxygen atoms in total. The van der Waals surface area contributed by atoms with Crippen LogP contribution in [-0.4, -0.2) is 48.7 Å². The Hall–Kier alpha value is -1.65. The van der Waals surface area contributed by atoms with Crippen LogP contribution in [0.3, 0.4) is 0 Å². The van der Waals surface area contributed by atoms with E-state index in [-0.39, 0.29) is 5.91 Å². The molecule has 0 saturated carbocycles. The highest BCUT2D eigenvalue weighted by atomic mass is 16.7. The van der Waals surface area contributed by atoms with E-state index in [1.807, 2.05) is 18.2 Å². The lowest BCUT2D eigenvalue weighted by atomic mass is 9.93. The molecule has 0 unspecified atom stereocenters. The fourth-order valence-electron chi connectivity index (χ4n) is 3.00. The number of carbonyl (C=O) groups excluding carboxylic acids is 1. The normalized spacial score (nSPS) is 20.1. The Morgan fingerprint density at radius 1 is 1.24 bits per heavy atom. The highest BCUT2D eigenvalue weighted by Gasteiger charge is 2.29. The average Bonchev–Trinajstić information content (AvgIpc) is 3.09. The molecule has 0 aromatic heterocycles. The van der Waals surface area contributed by atoms with E-state index in [2.05, 4.69) is 24.0 Å². The highest BCUT2D eigenvalue weighted by Crippen LogP contribution is 2.29. The van der Waals surface area contributed by atoms with E-state index in [9.17, 15) is 4.79 Å². The number of nitrogens with zero attached hydrogens (tertiary/aromatic N) is 2. The molecule has 0 atom stereocenters. The van der Waals surface area contributed by atoms with Gasteiger partial charge in [0.2, 0.25) is 0 Å². The van der Waals surface area contributed by atoms with Gasteiger partial charge in [-0.3, -0.25) is 14.5 Å². The lowest BCUT2D eigenvalue weighted by Gasteiger charge is -2.31. The third-order valence-electron chi connectivity index (χ3n) is 4.23. The van der Waals surface area contributed by atoms with Crippen molar-refractivity contribution in [1.82, 2.24) is 9.96 Å². The lowest BCUT2D eigenvalue weighted by molar-refractivity contribution is -0.164. The smallest absolute Gasteiger partial charge is 0.274 e. The van der Waals surface area contributed by atoms with Crippen LogP contribution in [0, 0.1) is 0 Å². The van der Waals surface area contributed by atoms with Crippen molar-refractivity contribution < 1.29 is 9.63 Å². The van der Waals surface area contributed by atoms with Crippen molar-refractivity contribution in [2.75, 3.05) is 32.8 Å². The minimum atomic E-state index is 0.0458. The molecule has 0 N–H and O–H groups in total. The van der Waals surface area contributed by atoms with Gasteiger partial charge in [-0.15, -0.1) is 0 Å². The summed E-state index contributed by atoms with van der Waals surface area (Å²) in [5.41, 5.74) is 3.24. The second-order valence-corrected chi connectivity index (χ2v) is 5.54. The topological polar surface area (TPSA) is 32.8 Å². The molecular formula is C17H22N2O2. The van der Waals surface area contributed by atoms with E-state index in [0.717, 1.165) is 43.6 Å². The van der Waals surface area contributed by atoms with E-state index in [4.69, 9.17) is 4.84 Å². The summed E-state index contributed by atoms with van der Waals surface area (Å²) in [4.78, 5) is 20.5. The number of carbonyl (C=O) groups is 1. The van der Waals surface area contributed by atoms with Crippen LogP contribution in [0.15, 0.2) is 35.9 Å². The van der Waals surface area contributed by atoms with Gasteiger partial charge in [0.25, 0.3) is 5.91 Å². The van der Waals surface area contributed by atoms with Crippen LogP contribution in [0.4, 0.5) is 0 Å². The number of hydroxylamine groups is 2. The van der Waals surface area contributed by atoms with Crippen molar-refractivity contribution in [2.24, 2.45) is 0 Å². The molecule has 3 rings (SSSR count). The summed E-state index contributed by atoms with van der Waals surface area (Å²) < 4.78 is 0. The number of hydrogen-bond donors (Lipinski definition) is 0. The third kappa shape index (κ3) is 3.01. The molecule has 1 aromatic carbocycles. The quantitative estimate of drug-likeness (QED) is 0.855. The highest BCUT2D eigenvalue weighted by molar-refractivity contribution is 6.01. The molecule has 21 heavy (non-hydrogen) atoms. The zero-order chi connectivity index (χ0) is 14.7. The van der Waals surface area contributed by atoms with E-state index in [1.54, 1.807) is 0 Å². The molecule has 0 radical (unpaired) electrons. The van der Waals surface area contributed by atoms with E-state index in [1.165, 1.54) is 10.6 Å². The van der Waals surface area contributed by atoms with Gasteiger partial charge in [0.05, 0.1) is 13.2 Å². The first kappa shape index (κ1) is 14.3. The summed E-state index contributed by atoms with van der Waals surface area (Å²) in [6, 6.07) is 10.3. The molecule has 0 spiro atoms. The standard InChI is InChI=1S/C17H22N2O2/c1-2-18-11-9-15(14-7-4-3-5-8-14)16(13-18)17(20)19-10-6-12-21-19/h3-5,7-8H,2,6,9-13H2,1H3. The van der Waals surface area contributed by atoms with Crippen molar-refractivity contribution in [3.05, 3.63) is 41.5 Å². The number of hydrogen-bond acceptors (Lipinski definition) is 3. The first-order chi connectivity index (χ1) is 10.3. The number of benzene rings is 1. The van der Waals surface area contributed by atoms with Gasteiger partial charge in [-0.1, -0.05) is 37.3 Å². The second-order valence-electron chi connectivity index (χ2n) is 5.54. The maximum atomic E-state index is 12.8. The lowest BCUT2D eigenvalue weighted by Crippen LogP contribution is -2.38. The van der Waals surface area contributed by atoms with Crippen molar-refractivity contribution in [1.29, 1.82) is 0 Å². The minimum Gasteiger partial charge on any atom is -0.299 e. The van der Waals surface area contributed by atoms with Gasteiger partial charge in [0.15, 0.2) is 0 Å². The Labute approximate surface area is 125 Å². The molecule has 112 valence electrons. The molecule has 0 aliphatic carbocycles. The molecule has 0 bridgehead atoms. The predicted molar refractivity (Wildman–Crippen MR) is 82.4 cm³/mol. The Morgan fingerprint density at radius 2 is 2.05 bits per heavy atom. The molecule has 1 fully saturated rings. The minimum absolute atomic E-state index is 0.0458. The molecule has 1 saturated heterocycles. The summed E-state index contributed by atoms with van der Waals surface area (Å²) in [6.45, 7) is 6.20. The van der Waals surface area contributed by atoms with Gasteiger partial charge in [0, 0.05) is 18.7 Å². The second kappa shape index (κ2) is 6.41. The van der Waals surface area contributed by atoms with Crippen LogP contribution in [-0.2, 0) is 9.63 Å². The molecule has 2 aliphatic rings. The summed E-state index contributed by atoms with van der Waals surface area (Å²) in [5, 5.41) is 1.54. The van der Waals surface area contributed by atoms with Crippen molar-refractivity contribution >= 4 is 11.5 Å². The SMILES string of the molecule is CCN1CCC(c2ccccc2)=C(C(=O)N2CCCO2)C1. The molecule has 1 amide bonds. The van der Waals surface area contributed by atoms with Gasteiger partial charge in [-0.2, -0.15) is 0 Å². The Balaban J connectivity index is 1.95. The van der Waals surface area contributed by atoms with E-state index in [0.29, 0.717) is 13.2 Å². The first-order valence-corrected chi connectivity index (χ1v) is 7.74. The van der Waals surface area contributed by atoms with Crippen molar-refractivity contribution in [3.8, 4) is 0 Å². The van der Waals surface area contributed by atoms with E-state index < -0.39 is 0 Å². The summed E-state index contributed by atoms with van der Waals surface area (Å²) in [7, 11) is 0. The Morgan fingerprint density at radius 3 is 2.71 bits per heavy atom.